The molecule has 3 rings (SSSR count). The van der Waals surface area contributed by atoms with E-state index < -0.39 is 0 Å². The Balaban J connectivity index is 1.54. The molecule has 0 N–H and O–H groups in total. The second kappa shape index (κ2) is 5.11. The molecular weight excluding hydrogens is 226 g/mol. The Morgan fingerprint density at radius 1 is 1.22 bits per heavy atom. The van der Waals surface area contributed by atoms with Gasteiger partial charge in [0.2, 0.25) is 0 Å². The van der Waals surface area contributed by atoms with Crippen molar-refractivity contribution in [2.75, 3.05) is 19.7 Å². The summed E-state index contributed by atoms with van der Waals surface area (Å²) in [5, 5.41) is 0. The highest BCUT2D eigenvalue weighted by molar-refractivity contribution is 5.89. The minimum Gasteiger partial charge on any atom is -0.462 e. The molecule has 0 bridgehead atoms. The fraction of sp³-hybridized carbons (Fsp3) is 0.533. The zero-order chi connectivity index (χ0) is 12.4. The Kier molecular flexibility index (Phi) is 3.33. The van der Waals surface area contributed by atoms with E-state index in [1.807, 2.05) is 18.2 Å². The number of benzene rings is 1. The Morgan fingerprint density at radius 2 is 2.06 bits per heavy atom. The van der Waals surface area contributed by atoms with Gasteiger partial charge in [-0.3, -0.25) is 4.90 Å². The molecule has 0 aliphatic carbocycles. The summed E-state index contributed by atoms with van der Waals surface area (Å²) in [7, 11) is 0. The number of carbonyl (C=O) groups excluding carboxylic acids is 1. The van der Waals surface area contributed by atoms with Gasteiger partial charge in [0.05, 0.1) is 12.2 Å². The Bertz CT molecular complexity index is 418. The van der Waals surface area contributed by atoms with E-state index in [1.165, 1.54) is 32.4 Å². The van der Waals surface area contributed by atoms with E-state index in [0.29, 0.717) is 24.1 Å². The van der Waals surface area contributed by atoms with Gasteiger partial charge in [-0.1, -0.05) is 18.2 Å². The number of fused-ring (bicyclic) bond motifs is 1. The zero-order valence-corrected chi connectivity index (χ0v) is 10.5. The molecule has 0 aromatic heterocycles. The maximum absolute atomic E-state index is 11.9. The number of ether oxygens (including phenoxy) is 1. The van der Waals surface area contributed by atoms with E-state index in [9.17, 15) is 4.79 Å². The summed E-state index contributed by atoms with van der Waals surface area (Å²) in [6.45, 7) is 2.99. The predicted octanol–water partition coefficient (Wildman–Crippen LogP) is 2.33. The number of hydrogen-bond donors (Lipinski definition) is 0. The van der Waals surface area contributed by atoms with Crippen molar-refractivity contribution >= 4 is 5.97 Å². The molecule has 0 spiro atoms. The molecule has 18 heavy (non-hydrogen) atoms. The predicted molar refractivity (Wildman–Crippen MR) is 69.4 cm³/mol. The summed E-state index contributed by atoms with van der Waals surface area (Å²) >= 11 is 0. The lowest BCUT2D eigenvalue weighted by Crippen LogP contribution is -2.28. The largest absolute Gasteiger partial charge is 0.462 e. The zero-order valence-electron chi connectivity index (χ0n) is 10.5. The third kappa shape index (κ3) is 2.27. The van der Waals surface area contributed by atoms with Crippen molar-refractivity contribution in [1.29, 1.82) is 0 Å². The third-order valence-corrected chi connectivity index (χ3v) is 4.18. The molecule has 3 heteroatoms. The van der Waals surface area contributed by atoms with Gasteiger partial charge in [-0.15, -0.1) is 0 Å². The lowest BCUT2D eigenvalue weighted by Gasteiger charge is -2.19. The van der Waals surface area contributed by atoms with E-state index in [1.54, 1.807) is 12.1 Å². The van der Waals surface area contributed by atoms with E-state index >= 15 is 0 Å². The van der Waals surface area contributed by atoms with Crippen LogP contribution in [0.4, 0.5) is 0 Å². The van der Waals surface area contributed by atoms with Crippen LogP contribution in [0.2, 0.25) is 0 Å². The highest BCUT2D eigenvalue weighted by Crippen LogP contribution is 2.32. The van der Waals surface area contributed by atoms with E-state index in [2.05, 4.69) is 4.90 Å². The molecule has 2 aliphatic heterocycles. The average Bonchev–Trinajstić information content (AvgIpc) is 3.00. The lowest BCUT2D eigenvalue weighted by atomic mass is 9.99. The van der Waals surface area contributed by atoms with E-state index in [4.69, 9.17) is 4.74 Å². The minimum absolute atomic E-state index is 0.188. The second-order valence-corrected chi connectivity index (χ2v) is 5.26. The van der Waals surface area contributed by atoms with Gasteiger partial charge < -0.3 is 4.74 Å². The van der Waals surface area contributed by atoms with Crippen molar-refractivity contribution in [3.63, 3.8) is 0 Å². The van der Waals surface area contributed by atoms with Crippen molar-refractivity contribution in [3.8, 4) is 0 Å². The molecule has 1 aromatic carbocycles. The Labute approximate surface area is 108 Å². The first kappa shape index (κ1) is 11.7. The number of nitrogens with zero attached hydrogens (tertiary/aromatic N) is 1. The molecule has 2 aliphatic rings. The van der Waals surface area contributed by atoms with Crippen molar-refractivity contribution < 1.29 is 9.53 Å². The Morgan fingerprint density at radius 3 is 2.89 bits per heavy atom. The number of rotatable bonds is 3. The molecule has 2 heterocycles. The van der Waals surface area contributed by atoms with Crippen molar-refractivity contribution in [3.05, 3.63) is 35.9 Å². The van der Waals surface area contributed by atoms with Gasteiger partial charge in [0, 0.05) is 12.0 Å². The van der Waals surface area contributed by atoms with Crippen LogP contribution in [-0.2, 0) is 4.74 Å². The second-order valence-electron chi connectivity index (χ2n) is 5.26. The van der Waals surface area contributed by atoms with Crippen LogP contribution >= 0.6 is 0 Å². The van der Waals surface area contributed by atoms with Crippen molar-refractivity contribution in [2.24, 2.45) is 5.92 Å². The first-order valence-electron chi connectivity index (χ1n) is 6.81. The van der Waals surface area contributed by atoms with Crippen LogP contribution in [0.1, 0.15) is 29.6 Å². The van der Waals surface area contributed by atoms with Gasteiger partial charge in [0.1, 0.15) is 0 Å². The fourth-order valence-corrected chi connectivity index (χ4v) is 3.22. The maximum atomic E-state index is 11.9. The molecule has 0 saturated carbocycles. The maximum Gasteiger partial charge on any atom is 0.338 e. The summed E-state index contributed by atoms with van der Waals surface area (Å²) in [6.07, 6.45) is 3.74. The van der Waals surface area contributed by atoms with Crippen LogP contribution in [0, 0.1) is 5.92 Å². The van der Waals surface area contributed by atoms with Gasteiger partial charge >= 0.3 is 5.97 Å². The number of esters is 1. The molecule has 96 valence electrons. The fourth-order valence-electron chi connectivity index (χ4n) is 3.22. The molecule has 2 atom stereocenters. The monoisotopic (exact) mass is 245 g/mol. The summed E-state index contributed by atoms with van der Waals surface area (Å²) < 4.78 is 5.45. The molecule has 1 aromatic rings. The van der Waals surface area contributed by atoms with Gasteiger partial charge in [-0.25, -0.2) is 4.79 Å². The van der Waals surface area contributed by atoms with E-state index in [0.717, 1.165) is 0 Å². The molecule has 0 unspecified atom stereocenters. The lowest BCUT2D eigenvalue weighted by molar-refractivity contribution is 0.0418. The van der Waals surface area contributed by atoms with Crippen molar-refractivity contribution in [2.45, 2.75) is 25.3 Å². The highest BCUT2D eigenvalue weighted by Gasteiger charge is 2.37. The van der Waals surface area contributed by atoms with Gasteiger partial charge in [0.25, 0.3) is 0 Å². The summed E-state index contributed by atoms with van der Waals surface area (Å²) in [6, 6.07) is 9.91. The normalized spacial score (nSPS) is 27.1. The number of carbonyl (C=O) groups is 1. The minimum atomic E-state index is -0.188. The number of hydrogen-bond acceptors (Lipinski definition) is 3. The van der Waals surface area contributed by atoms with Crippen LogP contribution in [0.15, 0.2) is 30.3 Å². The summed E-state index contributed by atoms with van der Waals surface area (Å²) in [5.74, 6) is 0.354. The summed E-state index contributed by atoms with van der Waals surface area (Å²) in [4.78, 5) is 14.4. The molecule has 2 saturated heterocycles. The van der Waals surface area contributed by atoms with Crippen LogP contribution < -0.4 is 0 Å². The van der Waals surface area contributed by atoms with Crippen LogP contribution in [0.3, 0.4) is 0 Å². The smallest absolute Gasteiger partial charge is 0.338 e. The molecule has 3 nitrogen and oxygen atoms in total. The van der Waals surface area contributed by atoms with Crippen LogP contribution in [0.5, 0.6) is 0 Å². The van der Waals surface area contributed by atoms with Crippen molar-refractivity contribution in [1.82, 2.24) is 4.90 Å². The first-order chi connectivity index (χ1) is 8.84. The molecule has 0 radical (unpaired) electrons. The standard InChI is InChI=1S/C15H19NO2/c17-15(12-5-2-1-3-6-12)18-11-13-8-10-16-9-4-7-14(13)16/h1-3,5-6,13-14H,4,7-11H2/t13-,14-/m1/s1. The topological polar surface area (TPSA) is 29.5 Å². The van der Waals surface area contributed by atoms with E-state index in [-0.39, 0.29) is 5.97 Å². The SMILES string of the molecule is O=C(OC[C@H]1CCN2CCC[C@H]12)c1ccccc1. The molecule has 0 amide bonds. The average molecular weight is 245 g/mol. The first-order valence-corrected chi connectivity index (χ1v) is 6.81. The highest BCUT2D eigenvalue weighted by atomic mass is 16.5. The van der Waals surface area contributed by atoms with Gasteiger partial charge in [-0.05, 0) is 44.5 Å². The van der Waals surface area contributed by atoms with Gasteiger partial charge in [0.15, 0.2) is 0 Å². The molecule has 2 fully saturated rings. The van der Waals surface area contributed by atoms with Crippen LogP contribution in [0.25, 0.3) is 0 Å². The van der Waals surface area contributed by atoms with Gasteiger partial charge in [-0.2, -0.15) is 0 Å². The summed E-state index contributed by atoms with van der Waals surface area (Å²) in [5.41, 5.74) is 0.652. The Hall–Kier alpha value is -1.35. The quantitative estimate of drug-likeness (QED) is 0.765. The molecular formula is C15H19NO2. The van der Waals surface area contributed by atoms with Crippen LogP contribution in [-0.4, -0.2) is 36.6 Å². The third-order valence-electron chi connectivity index (χ3n) is 4.18.